The molecular formula is C46H27N3O2S. The van der Waals surface area contributed by atoms with E-state index in [2.05, 4.69) is 84.9 Å². The Morgan fingerprint density at radius 2 is 1.12 bits per heavy atom. The summed E-state index contributed by atoms with van der Waals surface area (Å²) in [6.07, 6.45) is 0.500. The number of fused-ring (bicyclic) bond motifs is 9. The molecule has 52 heavy (non-hydrogen) atoms. The van der Waals surface area contributed by atoms with Gasteiger partial charge in [-0.25, -0.2) is 15.0 Å². The van der Waals surface area contributed by atoms with Crippen molar-refractivity contribution in [1.29, 1.82) is 0 Å². The number of nitrogens with zero attached hydrogens (tertiary/aromatic N) is 3. The van der Waals surface area contributed by atoms with E-state index in [-0.39, 0.29) is 0 Å². The fourth-order valence-corrected chi connectivity index (χ4v) is 8.89. The molecule has 0 saturated carbocycles. The van der Waals surface area contributed by atoms with Crippen molar-refractivity contribution in [3.63, 3.8) is 0 Å². The van der Waals surface area contributed by atoms with E-state index in [1.807, 2.05) is 78.1 Å². The second-order valence-electron chi connectivity index (χ2n) is 13.1. The van der Waals surface area contributed by atoms with Crippen molar-refractivity contribution in [1.82, 2.24) is 15.0 Å². The maximum absolute atomic E-state index is 6.46. The van der Waals surface area contributed by atoms with Gasteiger partial charge < -0.3 is 8.83 Å². The van der Waals surface area contributed by atoms with Crippen LogP contribution in [0.2, 0.25) is 0 Å². The summed E-state index contributed by atoms with van der Waals surface area (Å²) < 4.78 is 15.3. The fraction of sp³-hybridized carbons (Fsp3) is 0.0217. The van der Waals surface area contributed by atoms with Crippen molar-refractivity contribution in [3.8, 4) is 33.9 Å². The molecule has 0 aliphatic carbocycles. The summed E-state index contributed by atoms with van der Waals surface area (Å²) in [5.74, 6) is 1.93. The van der Waals surface area contributed by atoms with Gasteiger partial charge in [0.25, 0.3) is 0 Å². The topological polar surface area (TPSA) is 65.0 Å². The van der Waals surface area contributed by atoms with Gasteiger partial charge in [0.2, 0.25) is 0 Å². The van der Waals surface area contributed by atoms with Crippen LogP contribution in [-0.4, -0.2) is 15.0 Å². The van der Waals surface area contributed by atoms with Gasteiger partial charge >= 0.3 is 0 Å². The molecule has 7 aromatic carbocycles. The van der Waals surface area contributed by atoms with Crippen molar-refractivity contribution < 1.29 is 8.83 Å². The summed E-state index contributed by atoms with van der Waals surface area (Å²) in [6.45, 7) is 0. The molecule has 4 aromatic heterocycles. The number of para-hydroxylation sites is 1. The van der Waals surface area contributed by atoms with E-state index in [4.69, 9.17) is 23.8 Å². The highest BCUT2D eigenvalue weighted by molar-refractivity contribution is 7.26. The normalized spacial score (nSPS) is 11.9. The zero-order chi connectivity index (χ0) is 34.2. The van der Waals surface area contributed by atoms with E-state index in [1.54, 1.807) is 0 Å². The lowest BCUT2D eigenvalue weighted by molar-refractivity contribution is 0.668. The maximum Gasteiger partial charge on any atom is 0.164 e. The van der Waals surface area contributed by atoms with Crippen LogP contribution in [0.1, 0.15) is 11.4 Å². The van der Waals surface area contributed by atoms with Gasteiger partial charge in [-0.2, -0.15) is 0 Å². The Bertz CT molecular complexity index is 3170. The fourth-order valence-electron chi connectivity index (χ4n) is 7.66. The van der Waals surface area contributed by atoms with Crippen LogP contribution in [0.15, 0.2) is 160 Å². The highest BCUT2D eigenvalue weighted by Gasteiger charge is 2.19. The highest BCUT2D eigenvalue weighted by Crippen LogP contribution is 2.42. The minimum atomic E-state index is 0.500. The van der Waals surface area contributed by atoms with E-state index < -0.39 is 0 Å². The van der Waals surface area contributed by atoms with Gasteiger partial charge in [0, 0.05) is 59.3 Å². The second kappa shape index (κ2) is 11.5. The molecule has 0 N–H and O–H groups in total. The molecule has 6 heteroatoms. The van der Waals surface area contributed by atoms with Crippen LogP contribution >= 0.6 is 11.3 Å². The molecule has 11 aromatic rings. The lowest BCUT2D eigenvalue weighted by Gasteiger charge is -2.10. The number of benzene rings is 7. The SMILES string of the molecule is c1ccc(-c2nc(Cc3cccc4oc5ccc(-c6cccc7c6sc6ccccc67)cc5c34)nc(-c3cccc4oc5ccccc5c34)n2)cc1. The molecule has 0 fully saturated rings. The Balaban J connectivity index is 1.08. The van der Waals surface area contributed by atoms with Crippen molar-refractivity contribution in [3.05, 3.63) is 163 Å². The predicted octanol–water partition coefficient (Wildman–Crippen LogP) is 12.6. The van der Waals surface area contributed by atoms with Crippen LogP contribution in [0.4, 0.5) is 0 Å². The molecule has 0 radical (unpaired) electrons. The van der Waals surface area contributed by atoms with Crippen LogP contribution in [0.5, 0.6) is 0 Å². The first kappa shape index (κ1) is 29.1. The minimum absolute atomic E-state index is 0.500. The van der Waals surface area contributed by atoms with Gasteiger partial charge in [-0.3, -0.25) is 0 Å². The zero-order valence-electron chi connectivity index (χ0n) is 27.7. The summed E-state index contributed by atoms with van der Waals surface area (Å²) in [5.41, 5.74) is 8.67. The lowest BCUT2D eigenvalue weighted by atomic mass is 9.98. The smallest absolute Gasteiger partial charge is 0.164 e. The summed E-state index contributed by atoms with van der Waals surface area (Å²) in [4.78, 5) is 15.3. The first-order valence-electron chi connectivity index (χ1n) is 17.3. The number of thiophene rings is 1. The minimum Gasteiger partial charge on any atom is -0.456 e. The van der Waals surface area contributed by atoms with Crippen molar-refractivity contribution >= 4 is 75.4 Å². The Hall–Kier alpha value is -6.63. The van der Waals surface area contributed by atoms with Crippen LogP contribution in [0.3, 0.4) is 0 Å². The third kappa shape index (κ3) is 4.58. The largest absolute Gasteiger partial charge is 0.456 e. The molecule has 0 bridgehead atoms. The number of hydrogen-bond acceptors (Lipinski definition) is 6. The molecule has 0 unspecified atom stereocenters. The van der Waals surface area contributed by atoms with Gasteiger partial charge in [-0.1, -0.05) is 115 Å². The number of rotatable bonds is 5. The molecule has 11 rings (SSSR count). The number of aromatic nitrogens is 3. The molecule has 0 amide bonds. The summed E-state index contributed by atoms with van der Waals surface area (Å²) in [7, 11) is 0. The Morgan fingerprint density at radius 3 is 2.02 bits per heavy atom. The van der Waals surface area contributed by atoms with Gasteiger partial charge in [0.15, 0.2) is 11.6 Å². The molecule has 0 spiro atoms. The lowest BCUT2D eigenvalue weighted by Crippen LogP contribution is -2.04. The van der Waals surface area contributed by atoms with Gasteiger partial charge in [0.1, 0.15) is 28.2 Å². The highest BCUT2D eigenvalue weighted by atomic mass is 32.1. The van der Waals surface area contributed by atoms with Crippen molar-refractivity contribution in [2.75, 3.05) is 0 Å². The predicted molar refractivity (Wildman–Crippen MR) is 213 cm³/mol. The van der Waals surface area contributed by atoms with E-state index in [0.29, 0.717) is 23.9 Å². The first-order valence-corrected chi connectivity index (χ1v) is 18.1. The van der Waals surface area contributed by atoms with Crippen LogP contribution < -0.4 is 0 Å². The van der Waals surface area contributed by atoms with E-state index in [9.17, 15) is 0 Å². The molecule has 244 valence electrons. The average molecular weight is 686 g/mol. The zero-order valence-corrected chi connectivity index (χ0v) is 28.5. The number of furan rings is 2. The maximum atomic E-state index is 6.46. The second-order valence-corrected chi connectivity index (χ2v) is 14.2. The number of hydrogen-bond donors (Lipinski definition) is 0. The van der Waals surface area contributed by atoms with E-state index >= 15 is 0 Å². The van der Waals surface area contributed by atoms with E-state index in [1.165, 1.54) is 25.7 Å². The van der Waals surface area contributed by atoms with Gasteiger partial charge in [-0.05, 0) is 53.1 Å². The molecule has 5 nitrogen and oxygen atoms in total. The third-order valence-corrected chi connectivity index (χ3v) is 11.2. The van der Waals surface area contributed by atoms with Crippen molar-refractivity contribution in [2.24, 2.45) is 0 Å². The molecule has 0 aliphatic heterocycles. The average Bonchev–Trinajstić information content (AvgIpc) is 3.89. The van der Waals surface area contributed by atoms with Gasteiger partial charge in [0.05, 0.1) is 0 Å². The Kier molecular flexibility index (Phi) is 6.42. The summed E-state index contributed by atoms with van der Waals surface area (Å²) in [5, 5.41) is 6.77. The Labute approximate surface area is 301 Å². The van der Waals surface area contributed by atoms with Gasteiger partial charge in [-0.15, -0.1) is 11.3 Å². The summed E-state index contributed by atoms with van der Waals surface area (Å²) >= 11 is 1.85. The van der Waals surface area contributed by atoms with Crippen LogP contribution in [0.25, 0.3) is 98.0 Å². The molecule has 0 atom stereocenters. The summed E-state index contributed by atoms with van der Waals surface area (Å²) in [6, 6.07) is 52.4. The molecule has 0 aliphatic rings. The quantitative estimate of drug-likeness (QED) is 0.180. The molecule has 0 saturated heterocycles. The molecule has 4 heterocycles. The monoisotopic (exact) mass is 685 g/mol. The van der Waals surface area contributed by atoms with E-state index in [0.717, 1.165) is 66.1 Å². The van der Waals surface area contributed by atoms with Crippen LogP contribution in [0, 0.1) is 0 Å². The Morgan fingerprint density at radius 1 is 0.442 bits per heavy atom. The van der Waals surface area contributed by atoms with Crippen LogP contribution in [-0.2, 0) is 6.42 Å². The standard InChI is InChI=1S/C46H27N3O2S/c1-2-11-27(12-3-1)45-47-41(48-46(49-45)34-18-10-21-39-43(34)33-15-4-6-19-36(33)50-39)26-29-13-8-20-38-42(29)35-25-28(23-24-37(35)51-38)30-16-9-17-32-31-14-5-7-22-40(31)52-44(30)32/h1-25H,26H2. The third-order valence-electron chi connectivity index (χ3n) is 10.0. The molecular weight excluding hydrogens is 659 g/mol. The van der Waals surface area contributed by atoms with Crippen molar-refractivity contribution in [2.45, 2.75) is 6.42 Å². The first-order chi connectivity index (χ1) is 25.7.